The lowest BCUT2D eigenvalue weighted by Crippen LogP contribution is -2.44. The summed E-state index contributed by atoms with van der Waals surface area (Å²) < 4.78 is 34.3. The molecule has 1 aliphatic rings. The second kappa shape index (κ2) is 9.19. The summed E-state index contributed by atoms with van der Waals surface area (Å²) in [6, 6.07) is 6.07. The normalized spacial score (nSPS) is 15.3. The Balaban J connectivity index is 1.61. The topological polar surface area (TPSA) is 137 Å². The van der Waals surface area contributed by atoms with Gasteiger partial charge in [-0.1, -0.05) is 0 Å². The lowest BCUT2D eigenvalue weighted by Gasteiger charge is -2.34. The highest BCUT2D eigenvalue weighted by Gasteiger charge is 2.27. The number of nitrogens with zero attached hydrogens (tertiary/aromatic N) is 3. The van der Waals surface area contributed by atoms with Crippen molar-refractivity contribution in [2.24, 2.45) is 0 Å². The van der Waals surface area contributed by atoms with E-state index in [-0.39, 0.29) is 28.6 Å². The van der Waals surface area contributed by atoms with E-state index in [1.165, 1.54) is 30.6 Å². The van der Waals surface area contributed by atoms with Crippen molar-refractivity contribution < 1.29 is 22.7 Å². The second-order valence-corrected chi connectivity index (χ2v) is 10.7. The third-order valence-electron chi connectivity index (χ3n) is 4.80. The van der Waals surface area contributed by atoms with Crippen LogP contribution in [-0.4, -0.2) is 60.4 Å². The number of anilines is 2. The Labute approximate surface area is 188 Å². The van der Waals surface area contributed by atoms with Crippen LogP contribution in [0, 0.1) is 0 Å². The van der Waals surface area contributed by atoms with Crippen molar-refractivity contribution in [3.63, 3.8) is 0 Å². The van der Waals surface area contributed by atoms with Crippen molar-refractivity contribution in [1.82, 2.24) is 14.9 Å². The number of nitrogen functional groups attached to an aromatic ring is 1. The summed E-state index contributed by atoms with van der Waals surface area (Å²) in [4.78, 5) is 22.4. The number of likely N-dealkylation sites (tertiary alicyclic amines) is 1. The molecule has 174 valence electrons. The molecule has 1 fully saturated rings. The fraction of sp³-hybridized carbons (Fsp3) is 0.476. The first kappa shape index (κ1) is 23.6. The molecule has 0 bridgehead atoms. The number of nitrogens with two attached hydrogens (primary N) is 1. The molecular formula is C21H29N5O5S. The number of benzene rings is 1. The molecule has 0 aliphatic carbocycles. The van der Waals surface area contributed by atoms with Gasteiger partial charge in [-0.25, -0.2) is 18.2 Å². The van der Waals surface area contributed by atoms with Gasteiger partial charge in [0.15, 0.2) is 15.7 Å². The molecule has 2 heterocycles. The summed E-state index contributed by atoms with van der Waals surface area (Å²) in [5.41, 5.74) is 5.92. The van der Waals surface area contributed by atoms with Crippen LogP contribution in [0.3, 0.4) is 0 Å². The van der Waals surface area contributed by atoms with Gasteiger partial charge in [0.25, 0.3) is 0 Å². The number of piperidine rings is 1. The molecule has 3 N–H and O–H groups in total. The first-order chi connectivity index (χ1) is 14.9. The molecule has 0 unspecified atom stereocenters. The van der Waals surface area contributed by atoms with E-state index in [4.69, 9.17) is 15.2 Å². The van der Waals surface area contributed by atoms with E-state index in [0.29, 0.717) is 37.5 Å². The first-order valence-corrected chi connectivity index (χ1v) is 12.1. The van der Waals surface area contributed by atoms with Crippen molar-refractivity contribution >= 4 is 27.4 Å². The van der Waals surface area contributed by atoms with Crippen LogP contribution in [0.25, 0.3) is 0 Å². The van der Waals surface area contributed by atoms with Gasteiger partial charge in [-0.05, 0) is 57.9 Å². The Bertz CT molecular complexity index is 1060. The van der Waals surface area contributed by atoms with Gasteiger partial charge in [0, 0.05) is 25.4 Å². The average Bonchev–Trinajstić information content (AvgIpc) is 2.70. The van der Waals surface area contributed by atoms with Crippen molar-refractivity contribution in [2.45, 2.75) is 50.2 Å². The number of sulfone groups is 1. The zero-order valence-electron chi connectivity index (χ0n) is 18.7. The maximum absolute atomic E-state index is 12.2. The number of aromatic nitrogens is 2. The molecule has 2 aromatic rings. The first-order valence-electron chi connectivity index (χ1n) is 10.3. The minimum atomic E-state index is -3.29. The van der Waals surface area contributed by atoms with Crippen LogP contribution in [-0.2, 0) is 14.6 Å². The Morgan fingerprint density at radius 3 is 2.34 bits per heavy atom. The molecule has 32 heavy (non-hydrogen) atoms. The van der Waals surface area contributed by atoms with Crippen molar-refractivity contribution in [3.05, 3.63) is 30.6 Å². The molecule has 3 rings (SSSR count). The van der Waals surface area contributed by atoms with E-state index >= 15 is 0 Å². The van der Waals surface area contributed by atoms with E-state index in [0.717, 1.165) is 6.26 Å². The standard InChI is InChI=1S/C21H29N5O5S/c1-21(2,3)31-20(27)26-11-9-14(10-12-26)25-18-17(22)19(24-13-23-18)30-15-5-7-16(8-6-15)32(4,28)29/h5-8,13-14H,9-12,22H2,1-4H3,(H,23,24,25). The number of carbonyl (C=O) groups is 1. The van der Waals surface area contributed by atoms with E-state index < -0.39 is 15.4 Å². The molecule has 11 heteroatoms. The summed E-state index contributed by atoms with van der Waals surface area (Å²) in [5.74, 6) is 1.01. The molecule has 0 radical (unpaired) electrons. The summed E-state index contributed by atoms with van der Waals surface area (Å²) in [6.45, 7) is 6.66. The lowest BCUT2D eigenvalue weighted by atomic mass is 10.1. The fourth-order valence-corrected chi connectivity index (χ4v) is 3.80. The van der Waals surface area contributed by atoms with Crippen LogP contribution in [0.2, 0.25) is 0 Å². The molecule has 0 atom stereocenters. The number of rotatable bonds is 5. The van der Waals surface area contributed by atoms with Crippen molar-refractivity contribution in [1.29, 1.82) is 0 Å². The third-order valence-corrected chi connectivity index (χ3v) is 5.93. The van der Waals surface area contributed by atoms with Crippen LogP contribution in [0.5, 0.6) is 11.6 Å². The van der Waals surface area contributed by atoms with E-state index in [2.05, 4.69) is 15.3 Å². The van der Waals surface area contributed by atoms with Gasteiger partial charge in [-0.15, -0.1) is 0 Å². The quantitative estimate of drug-likeness (QED) is 0.685. The monoisotopic (exact) mass is 463 g/mol. The minimum Gasteiger partial charge on any atom is -0.444 e. The fourth-order valence-electron chi connectivity index (χ4n) is 3.17. The number of hydrogen-bond donors (Lipinski definition) is 2. The highest BCUT2D eigenvalue weighted by atomic mass is 32.2. The number of ether oxygens (including phenoxy) is 2. The van der Waals surface area contributed by atoms with Gasteiger partial charge < -0.3 is 25.4 Å². The summed E-state index contributed by atoms with van der Waals surface area (Å²) in [5, 5.41) is 3.30. The smallest absolute Gasteiger partial charge is 0.410 e. The van der Waals surface area contributed by atoms with Crippen LogP contribution in [0.15, 0.2) is 35.5 Å². The predicted molar refractivity (Wildman–Crippen MR) is 121 cm³/mol. The Morgan fingerprint density at radius 1 is 1.16 bits per heavy atom. The minimum absolute atomic E-state index is 0.0766. The Hall–Kier alpha value is -3.08. The van der Waals surface area contributed by atoms with E-state index in [1.54, 1.807) is 4.90 Å². The zero-order valence-corrected chi connectivity index (χ0v) is 19.5. The van der Waals surface area contributed by atoms with Crippen molar-refractivity contribution in [2.75, 3.05) is 30.4 Å². The van der Waals surface area contributed by atoms with Gasteiger partial charge in [-0.2, -0.15) is 4.98 Å². The number of carbonyl (C=O) groups excluding carboxylic acids is 1. The Morgan fingerprint density at radius 2 is 1.78 bits per heavy atom. The lowest BCUT2D eigenvalue weighted by molar-refractivity contribution is 0.0210. The van der Waals surface area contributed by atoms with E-state index in [9.17, 15) is 13.2 Å². The molecular weight excluding hydrogens is 434 g/mol. The zero-order chi connectivity index (χ0) is 23.5. The number of nitrogens with one attached hydrogen (secondary N) is 1. The SMILES string of the molecule is CC(C)(C)OC(=O)N1CCC(Nc2ncnc(Oc3ccc(S(C)(=O)=O)cc3)c2N)CC1. The average molecular weight is 464 g/mol. The van der Waals surface area contributed by atoms with E-state index in [1.807, 2.05) is 20.8 Å². The van der Waals surface area contributed by atoms with Gasteiger partial charge >= 0.3 is 6.09 Å². The van der Waals surface area contributed by atoms with Gasteiger partial charge in [-0.3, -0.25) is 0 Å². The highest BCUT2D eigenvalue weighted by molar-refractivity contribution is 7.90. The molecule has 1 amide bonds. The number of hydrogen-bond acceptors (Lipinski definition) is 9. The molecule has 0 saturated carbocycles. The van der Waals surface area contributed by atoms with Crippen molar-refractivity contribution in [3.8, 4) is 11.6 Å². The van der Waals surface area contributed by atoms with Gasteiger partial charge in [0.2, 0.25) is 5.88 Å². The highest BCUT2D eigenvalue weighted by Crippen LogP contribution is 2.31. The van der Waals surface area contributed by atoms with Gasteiger partial charge in [0.05, 0.1) is 4.90 Å². The van der Waals surface area contributed by atoms with Crippen LogP contribution < -0.4 is 15.8 Å². The van der Waals surface area contributed by atoms with Crippen LogP contribution >= 0.6 is 0 Å². The molecule has 1 saturated heterocycles. The third kappa shape index (κ3) is 6.22. The molecule has 10 nitrogen and oxygen atoms in total. The predicted octanol–water partition coefficient (Wildman–Crippen LogP) is 3.07. The number of amides is 1. The summed E-state index contributed by atoms with van der Waals surface area (Å²) >= 11 is 0. The summed E-state index contributed by atoms with van der Waals surface area (Å²) in [6.07, 6.45) is 3.60. The maximum Gasteiger partial charge on any atom is 0.410 e. The molecule has 1 aromatic heterocycles. The molecule has 1 aromatic carbocycles. The van der Waals surface area contributed by atoms with Crippen LogP contribution in [0.1, 0.15) is 33.6 Å². The second-order valence-electron chi connectivity index (χ2n) is 8.67. The van der Waals surface area contributed by atoms with Gasteiger partial charge in [0.1, 0.15) is 23.4 Å². The maximum atomic E-state index is 12.2. The summed E-state index contributed by atoms with van der Waals surface area (Å²) in [7, 11) is -3.29. The van der Waals surface area contributed by atoms with Crippen LogP contribution in [0.4, 0.5) is 16.3 Å². The largest absolute Gasteiger partial charge is 0.444 e. The molecule has 1 aliphatic heterocycles. The molecule has 0 spiro atoms. The Kier molecular flexibility index (Phi) is 6.77.